The number of alkyl halides is 1. The zero-order chi connectivity index (χ0) is 24.3. The van der Waals surface area contributed by atoms with Crippen LogP contribution in [0.3, 0.4) is 0 Å². The van der Waals surface area contributed by atoms with Crippen LogP contribution in [0.1, 0.15) is 29.5 Å². The molecule has 1 unspecified atom stereocenters. The Morgan fingerprint density at radius 3 is 2.79 bits per heavy atom. The molecule has 1 saturated carbocycles. The summed E-state index contributed by atoms with van der Waals surface area (Å²) < 4.78 is 33.6. The van der Waals surface area contributed by atoms with Crippen LogP contribution in [0.5, 0.6) is 0 Å². The Balaban J connectivity index is 1.62. The number of hydrogen-bond donors (Lipinski definition) is 2. The summed E-state index contributed by atoms with van der Waals surface area (Å²) in [5, 5.41) is 15.2. The van der Waals surface area contributed by atoms with Gasteiger partial charge in [-0.25, -0.2) is 18.6 Å². The van der Waals surface area contributed by atoms with E-state index in [1.165, 1.54) is 35.5 Å². The molecule has 178 valence electrons. The van der Waals surface area contributed by atoms with Crippen molar-refractivity contribution < 1.29 is 28.2 Å². The summed E-state index contributed by atoms with van der Waals surface area (Å²) in [6, 6.07) is 2.78. The number of nitrogens with zero attached hydrogens (tertiary/aromatic N) is 3. The van der Waals surface area contributed by atoms with Crippen molar-refractivity contribution in [3.63, 3.8) is 0 Å². The molecular weight excluding hydrogens is 490 g/mol. The number of aliphatic carboxylic acids is 1. The van der Waals surface area contributed by atoms with E-state index in [1.54, 1.807) is 11.6 Å². The standard InChI is InChI=1S/C22H19ClF2N4O4S/c1-33-19(30)15-14(7-29-10-21(25)8-22(29,9-21)20(31)32)27-17(18-26-4-5-34-18)28-16(15)12-3-2-11(24)6-13(12)23/h2-6,16H,7-10H2,1H3,(H,27,28)(H,31,32). The number of esters is 1. The highest BCUT2D eigenvalue weighted by atomic mass is 35.5. The van der Waals surface area contributed by atoms with Crippen molar-refractivity contribution in [3.8, 4) is 0 Å². The van der Waals surface area contributed by atoms with E-state index in [1.807, 2.05) is 0 Å². The number of amidine groups is 1. The Hall–Kier alpha value is -2.89. The van der Waals surface area contributed by atoms with Gasteiger partial charge >= 0.3 is 11.9 Å². The number of carboxylic acid groups (broad SMARTS) is 1. The zero-order valence-corrected chi connectivity index (χ0v) is 19.4. The summed E-state index contributed by atoms with van der Waals surface area (Å²) in [5.41, 5.74) is -2.19. The van der Waals surface area contributed by atoms with Crippen LogP contribution in [0, 0.1) is 5.82 Å². The van der Waals surface area contributed by atoms with E-state index in [-0.39, 0.29) is 36.5 Å². The van der Waals surface area contributed by atoms with E-state index in [4.69, 9.17) is 16.3 Å². The number of hydrogen-bond acceptors (Lipinski definition) is 8. The molecule has 12 heteroatoms. The molecule has 2 N–H and O–H groups in total. The Bertz CT molecular complexity index is 1240. The number of methoxy groups -OCH3 is 1. The first-order valence-corrected chi connectivity index (χ1v) is 11.6. The predicted octanol–water partition coefficient (Wildman–Crippen LogP) is 3.09. The van der Waals surface area contributed by atoms with Crippen molar-refractivity contribution >= 4 is 40.7 Å². The number of aromatic nitrogens is 1. The third-order valence-electron chi connectivity index (χ3n) is 6.47. The molecule has 8 nitrogen and oxygen atoms in total. The number of aliphatic imine (C=N–C) groups is 1. The number of benzene rings is 1. The van der Waals surface area contributed by atoms with E-state index < -0.39 is 35.0 Å². The Kier molecular flexibility index (Phi) is 5.45. The first-order chi connectivity index (χ1) is 16.2. The maximum absolute atomic E-state index is 14.8. The number of thiazole rings is 1. The number of rotatable bonds is 6. The van der Waals surface area contributed by atoms with Gasteiger partial charge < -0.3 is 15.2 Å². The maximum Gasteiger partial charge on any atom is 0.338 e. The lowest BCUT2D eigenvalue weighted by molar-refractivity contribution is -0.155. The second-order valence-electron chi connectivity index (χ2n) is 8.59. The molecule has 34 heavy (non-hydrogen) atoms. The summed E-state index contributed by atoms with van der Waals surface area (Å²) >= 11 is 7.63. The second kappa shape index (κ2) is 8.10. The highest BCUT2D eigenvalue weighted by Crippen LogP contribution is 2.56. The minimum Gasteiger partial charge on any atom is -0.480 e. The monoisotopic (exact) mass is 508 g/mol. The van der Waals surface area contributed by atoms with Crippen LogP contribution in [0.2, 0.25) is 5.02 Å². The summed E-state index contributed by atoms with van der Waals surface area (Å²) in [6.45, 7) is -0.146. The van der Waals surface area contributed by atoms with E-state index in [9.17, 15) is 23.5 Å². The molecule has 2 aromatic rings. The molecule has 1 aromatic heterocycles. The van der Waals surface area contributed by atoms with Gasteiger partial charge in [-0.05, 0) is 12.1 Å². The third kappa shape index (κ3) is 3.58. The third-order valence-corrected chi connectivity index (χ3v) is 7.58. The molecule has 0 amide bonds. The molecule has 1 aromatic carbocycles. The molecule has 3 fully saturated rings. The molecule has 6 rings (SSSR count). The van der Waals surface area contributed by atoms with Gasteiger partial charge in [-0.3, -0.25) is 14.7 Å². The van der Waals surface area contributed by atoms with Crippen molar-refractivity contribution in [1.29, 1.82) is 0 Å². The summed E-state index contributed by atoms with van der Waals surface area (Å²) in [5.74, 6) is -2.06. The SMILES string of the molecule is COC(=O)C1=C(CN2CC3(F)CC2(C(=O)O)C3)NC(c2nccs2)=NC1c1ccc(F)cc1Cl. The molecule has 2 saturated heterocycles. The second-order valence-corrected chi connectivity index (χ2v) is 9.89. The first-order valence-electron chi connectivity index (χ1n) is 10.3. The molecule has 1 aliphatic carbocycles. The lowest BCUT2D eigenvalue weighted by Crippen LogP contribution is -2.57. The van der Waals surface area contributed by atoms with Crippen molar-refractivity contribution in [1.82, 2.24) is 15.2 Å². The molecule has 3 aliphatic heterocycles. The summed E-state index contributed by atoms with van der Waals surface area (Å²) in [4.78, 5) is 35.4. The fourth-order valence-electron chi connectivity index (χ4n) is 4.98. The van der Waals surface area contributed by atoms with Gasteiger partial charge in [0.25, 0.3) is 0 Å². The van der Waals surface area contributed by atoms with Crippen LogP contribution < -0.4 is 5.32 Å². The van der Waals surface area contributed by atoms with Gasteiger partial charge in [0.2, 0.25) is 0 Å². The lowest BCUT2D eigenvalue weighted by atomic mass is 9.71. The Labute approximate surface area is 201 Å². The number of fused-ring (bicyclic) bond motifs is 1. The molecule has 2 bridgehead atoms. The molecule has 0 spiro atoms. The zero-order valence-electron chi connectivity index (χ0n) is 17.8. The van der Waals surface area contributed by atoms with Gasteiger partial charge in [-0.15, -0.1) is 11.3 Å². The average molecular weight is 509 g/mol. The van der Waals surface area contributed by atoms with Gasteiger partial charge in [0.1, 0.15) is 23.1 Å². The minimum atomic E-state index is -1.58. The number of carboxylic acids is 1. The fourth-order valence-corrected chi connectivity index (χ4v) is 5.84. The van der Waals surface area contributed by atoms with E-state index >= 15 is 0 Å². The Morgan fingerprint density at radius 2 is 2.18 bits per heavy atom. The van der Waals surface area contributed by atoms with Crippen LogP contribution in [0.25, 0.3) is 0 Å². The normalized spacial score (nSPS) is 28.2. The number of halogens is 3. The average Bonchev–Trinajstić information content (AvgIpc) is 3.46. The van der Waals surface area contributed by atoms with Crippen LogP contribution in [-0.4, -0.2) is 64.2 Å². The van der Waals surface area contributed by atoms with E-state index in [2.05, 4.69) is 15.3 Å². The van der Waals surface area contributed by atoms with Gasteiger partial charge in [-0.2, -0.15) is 0 Å². The minimum absolute atomic E-state index is 0.0584. The summed E-state index contributed by atoms with van der Waals surface area (Å²) in [7, 11) is 1.21. The highest BCUT2D eigenvalue weighted by molar-refractivity contribution is 7.11. The predicted molar refractivity (Wildman–Crippen MR) is 120 cm³/mol. The molecular formula is C22H19ClF2N4O4S. The fraction of sp³-hybridized carbons (Fsp3) is 0.364. The van der Waals surface area contributed by atoms with E-state index in [0.717, 1.165) is 6.07 Å². The Morgan fingerprint density at radius 1 is 1.41 bits per heavy atom. The van der Waals surface area contributed by atoms with Gasteiger partial charge in [0.15, 0.2) is 10.8 Å². The molecule has 0 radical (unpaired) electrons. The smallest absolute Gasteiger partial charge is 0.338 e. The van der Waals surface area contributed by atoms with Crippen molar-refractivity contribution in [2.75, 3.05) is 20.2 Å². The number of carbonyl (C=O) groups excluding carboxylic acids is 1. The van der Waals surface area contributed by atoms with E-state index in [0.29, 0.717) is 22.1 Å². The number of nitrogens with one attached hydrogen (secondary N) is 1. The van der Waals surface area contributed by atoms with Gasteiger partial charge in [0.05, 0.1) is 12.7 Å². The first kappa shape index (κ1) is 22.9. The lowest BCUT2D eigenvalue weighted by Gasteiger charge is -2.41. The quantitative estimate of drug-likeness (QED) is 0.578. The largest absolute Gasteiger partial charge is 0.480 e. The number of ether oxygens (including phenoxy) is 1. The van der Waals surface area contributed by atoms with Gasteiger partial charge in [-0.1, -0.05) is 17.7 Å². The molecule has 1 atom stereocenters. The number of carbonyl (C=O) groups is 2. The van der Waals surface area contributed by atoms with Crippen molar-refractivity contribution in [3.05, 3.63) is 62.5 Å². The van der Waals surface area contributed by atoms with Crippen molar-refractivity contribution in [2.45, 2.75) is 30.1 Å². The van der Waals surface area contributed by atoms with Crippen LogP contribution in [0.15, 0.2) is 46.0 Å². The van der Waals surface area contributed by atoms with Gasteiger partial charge in [0, 0.05) is 53.8 Å². The molecule has 4 heterocycles. The summed E-state index contributed by atoms with van der Waals surface area (Å²) in [6.07, 6.45) is 1.36. The molecule has 4 aliphatic rings. The van der Waals surface area contributed by atoms with Crippen LogP contribution in [0.4, 0.5) is 8.78 Å². The highest BCUT2D eigenvalue weighted by Gasteiger charge is 2.70. The van der Waals surface area contributed by atoms with Crippen LogP contribution in [-0.2, 0) is 14.3 Å². The topological polar surface area (TPSA) is 104 Å². The maximum atomic E-state index is 14.8. The van der Waals surface area contributed by atoms with Crippen molar-refractivity contribution in [2.24, 2.45) is 4.99 Å². The van der Waals surface area contributed by atoms with Crippen LogP contribution >= 0.6 is 22.9 Å².